The lowest BCUT2D eigenvalue weighted by Crippen LogP contribution is -2.43. The molecule has 2 atom stereocenters. The standard InChI is InChI=1S/C40H31F3N4O6S.C38H29F3N4O5S/c1-52-40(49)34(19-26-11-14-30(37-29(26)8-3-16-45-37)31-7-2-5-24-6-4-18-53-38(24)31)46-39(48)36-32(41)21-27(22-33(36)42)47-54(50,51)28-12-9-23(10-13-28)25-15-17-44-35(43)20-25;1-22-6-3-4-7-28(22)30-14-11-25(29-8-5-16-43-36(29)30)18-33(38(47)50-2)44-37(46)35-31(39)20-26(21-32(35)40)45-51(48,49)27-12-9-23(10-13-27)24-15-17-42-34(41)19-24/h2-3,5,7-17,20-22,34,47H,4,6,18-19H2,1H3,(H,46,48);3-17,19-21,33,45H,18H2,1-2H3,(H,44,46)/t34-;33-/m00/s1. The van der Waals surface area contributed by atoms with E-state index in [2.05, 4.69) is 40.0 Å². The van der Waals surface area contributed by atoms with E-state index in [1.807, 2.05) is 73.7 Å². The molecule has 13 rings (SSSR count). The van der Waals surface area contributed by atoms with E-state index in [9.17, 15) is 44.8 Å². The highest BCUT2D eigenvalue weighted by atomic mass is 32.2. The maximum atomic E-state index is 15.4. The molecular weight excluding hydrogens is 1400 g/mol. The molecular formula is C78H60F6N8O11S2. The number of anilines is 2. The number of halogens is 6. The molecule has 0 fully saturated rings. The number of pyridine rings is 4. The quantitative estimate of drug-likeness (QED) is 0.0314. The van der Waals surface area contributed by atoms with Crippen LogP contribution in [-0.2, 0) is 58.4 Å². The third-order valence-corrected chi connectivity index (χ3v) is 20.1. The van der Waals surface area contributed by atoms with Crippen molar-refractivity contribution in [2.45, 2.75) is 54.5 Å². The fourth-order valence-electron chi connectivity index (χ4n) is 12.2. The highest BCUT2D eigenvalue weighted by Crippen LogP contribution is 2.40. The molecule has 1 aliphatic rings. The molecule has 0 bridgehead atoms. The Kier molecular flexibility index (Phi) is 21.4. The SMILES string of the molecule is COC(=O)[C@H](Cc1ccc(-c2cccc3c2OCCC3)c2ncccc12)NC(=O)c1c(F)cc(NS(=O)(=O)c2ccc(-c3ccnc(F)c3)cc2)cc1F.COC(=O)[C@H](Cc1ccc(-c2ccccc2C)c2ncccc12)NC(=O)c1c(F)cc(NS(=O)(=O)c2ccc(-c3ccnc(F)c3)cc2)cc1F. The minimum atomic E-state index is -4.34. The zero-order valence-corrected chi connectivity index (χ0v) is 57.4. The lowest BCUT2D eigenvalue weighted by molar-refractivity contribution is -0.143. The maximum Gasteiger partial charge on any atom is 0.328 e. The van der Waals surface area contributed by atoms with E-state index in [4.69, 9.17) is 14.2 Å². The number of nitrogens with one attached hydrogen (secondary N) is 4. The van der Waals surface area contributed by atoms with E-state index in [-0.39, 0.29) is 22.6 Å². The molecule has 8 aromatic carbocycles. The molecule has 0 saturated carbocycles. The zero-order chi connectivity index (χ0) is 74.3. The molecule has 4 N–H and O–H groups in total. The van der Waals surface area contributed by atoms with Crippen molar-refractivity contribution in [1.29, 1.82) is 0 Å². The summed E-state index contributed by atoms with van der Waals surface area (Å²) >= 11 is 0. The number of rotatable bonds is 20. The average molecular weight is 1460 g/mol. The second kappa shape index (κ2) is 31.1. The summed E-state index contributed by atoms with van der Waals surface area (Å²) in [4.78, 5) is 68.1. The number of amides is 2. The Morgan fingerprint density at radius 3 is 1.34 bits per heavy atom. The van der Waals surface area contributed by atoms with Gasteiger partial charge in [0.25, 0.3) is 31.9 Å². The van der Waals surface area contributed by atoms with Crippen LogP contribution in [0, 0.1) is 42.1 Å². The third-order valence-electron chi connectivity index (χ3n) is 17.3. The number of aryl methyl sites for hydroxylation is 2. The molecule has 0 saturated heterocycles. The summed E-state index contributed by atoms with van der Waals surface area (Å²) in [6.45, 7) is 2.58. The monoisotopic (exact) mass is 1460 g/mol. The number of fused-ring (bicyclic) bond motifs is 3. The van der Waals surface area contributed by atoms with E-state index in [1.54, 1.807) is 48.8 Å². The molecule has 2 amide bonds. The summed E-state index contributed by atoms with van der Waals surface area (Å²) < 4.78 is 161. The number of para-hydroxylation sites is 1. The van der Waals surface area contributed by atoms with Crippen LogP contribution in [0.1, 0.15) is 49.4 Å². The van der Waals surface area contributed by atoms with E-state index in [0.29, 0.717) is 86.1 Å². The highest BCUT2D eigenvalue weighted by Gasteiger charge is 2.31. The molecule has 532 valence electrons. The lowest BCUT2D eigenvalue weighted by Gasteiger charge is -2.22. The lowest BCUT2D eigenvalue weighted by atomic mass is 9.92. The maximum absolute atomic E-state index is 15.4. The van der Waals surface area contributed by atoms with Crippen LogP contribution in [0.15, 0.2) is 223 Å². The van der Waals surface area contributed by atoms with Crippen molar-refractivity contribution < 1.29 is 76.6 Å². The summed E-state index contributed by atoms with van der Waals surface area (Å²) in [5.41, 5.74) is 7.08. The van der Waals surface area contributed by atoms with Crippen LogP contribution in [0.4, 0.5) is 37.7 Å². The van der Waals surface area contributed by atoms with Crippen LogP contribution in [0.3, 0.4) is 0 Å². The Bertz CT molecular complexity index is 5580. The average Bonchev–Trinajstić information content (AvgIpc) is 0.776. The van der Waals surface area contributed by atoms with Crippen LogP contribution in [0.5, 0.6) is 5.75 Å². The summed E-state index contributed by atoms with van der Waals surface area (Å²) in [7, 11) is -6.43. The topological polar surface area (TPSA) is 264 Å². The number of hydrogen-bond donors (Lipinski definition) is 4. The number of benzene rings is 8. The van der Waals surface area contributed by atoms with Crippen LogP contribution < -0.4 is 24.8 Å². The summed E-state index contributed by atoms with van der Waals surface area (Å²) in [6.07, 6.45) is 7.43. The Labute approximate surface area is 597 Å². The van der Waals surface area contributed by atoms with E-state index in [1.165, 1.54) is 73.1 Å². The minimum Gasteiger partial charge on any atom is -0.493 e. The molecule has 0 unspecified atom stereocenters. The number of methoxy groups -OCH3 is 2. The number of aromatic nitrogens is 4. The van der Waals surface area contributed by atoms with E-state index >= 15 is 17.6 Å². The first-order valence-corrected chi connectivity index (χ1v) is 35.2. The van der Waals surface area contributed by atoms with Gasteiger partial charge in [-0.3, -0.25) is 29.0 Å². The van der Waals surface area contributed by atoms with Gasteiger partial charge in [-0.05, 0) is 143 Å². The predicted molar refractivity (Wildman–Crippen MR) is 380 cm³/mol. The molecule has 1 aliphatic heterocycles. The molecule has 4 aromatic heterocycles. The van der Waals surface area contributed by atoms with Gasteiger partial charge in [0.2, 0.25) is 11.9 Å². The molecule has 105 heavy (non-hydrogen) atoms. The van der Waals surface area contributed by atoms with Crippen molar-refractivity contribution >= 4 is 77.0 Å². The number of sulfonamides is 2. The molecule has 12 aromatic rings. The Morgan fingerprint density at radius 1 is 0.467 bits per heavy atom. The van der Waals surface area contributed by atoms with Gasteiger partial charge < -0.3 is 24.8 Å². The largest absolute Gasteiger partial charge is 0.493 e. The van der Waals surface area contributed by atoms with Gasteiger partial charge in [-0.2, -0.15) is 8.78 Å². The van der Waals surface area contributed by atoms with Crippen LogP contribution in [-0.4, -0.2) is 93.4 Å². The Balaban J connectivity index is 0.000000198. The highest BCUT2D eigenvalue weighted by molar-refractivity contribution is 7.93. The van der Waals surface area contributed by atoms with Crippen molar-refractivity contribution in [3.63, 3.8) is 0 Å². The van der Waals surface area contributed by atoms with Crippen molar-refractivity contribution in [2.24, 2.45) is 0 Å². The van der Waals surface area contributed by atoms with Gasteiger partial charge in [0.05, 0.1) is 53.0 Å². The Hall–Kier alpha value is -12.4. The molecule has 5 heterocycles. The number of ether oxygens (including phenoxy) is 3. The summed E-state index contributed by atoms with van der Waals surface area (Å²) in [6, 6.07) is 44.2. The number of carbonyl (C=O) groups excluding carboxylic acids is 4. The Morgan fingerprint density at radius 2 is 0.905 bits per heavy atom. The van der Waals surface area contributed by atoms with E-state index < -0.39 is 114 Å². The van der Waals surface area contributed by atoms with E-state index in [0.717, 1.165) is 66.2 Å². The van der Waals surface area contributed by atoms with Gasteiger partial charge in [0.1, 0.15) is 52.2 Å². The van der Waals surface area contributed by atoms with Crippen LogP contribution in [0.25, 0.3) is 66.3 Å². The number of esters is 2. The number of nitrogens with zero attached hydrogens (tertiary/aromatic N) is 4. The molecule has 19 nitrogen and oxygen atoms in total. The van der Waals surface area contributed by atoms with Gasteiger partial charge >= 0.3 is 11.9 Å². The van der Waals surface area contributed by atoms with Gasteiger partial charge in [-0.25, -0.2) is 54.0 Å². The minimum absolute atomic E-state index is 0.0926. The van der Waals surface area contributed by atoms with Gasteiger partial charge in [-0.1, -0.05) is 103 Å². The van der Waals surface area contributed by atoms with Crippen molar-refractivity contribution in [3.8, 4) is 50.3 Å². The summed E-state index contributed by atoms with van der Waals surface area (Å²) in [5, 5.41) is 6.14. The second-order valence-corrected chi connectivity index (χ2v) is 27.4. The van der Waals surface area contributed by atoms with Crippen molar-refractivity contribution in [3.05, 3.63) is 281 Å². The van der Waals surface area contributed by atoms with Gasteiger partial charge in [0.15, 0.2) is 0 Å². The first kappa shape index (κ1) is 72.4. The van der Waals surface area contributed by atoms with Crippen molar-refractivity contribution in [2.75, 3.05) is 30.3 Å². The predicted octanol–water partition coefficient (Wildman–Crippen LogP) is 14.0. The van der Waals surface area contributed by atoms with Crippen molar-refractivity contribution in [1.82, 2.24) is 30.6 Å². The fraction of sp³-hybridized carbons (Fsp3) is 0.128. The normalized spacial score (nSPS) is 12.5. The van der Waals surface area contributed by atoms with Gasteiger partial charge in [0, 0.05) is 77.2 Å². The first-order valence-electron chi connectivity index (χ1n) is 32.3. The van der Waals surface area contributed by atoms with Gasteiger partial charge in [-0.15, -0.1) is 0 Å². The number of hydrogen-bond acceptors (Lipinski definition) is 15. The molecule has 0 spiro atoms. The molecule has 27 heteroatoms. The van der Waals surface area contributed by atoms with Crippen LogP contribution >= 0.6 is 0 Å². The van der Waals surface area contributed by atoms with Crippen LogP contribution in [0.2, 0.25) is 0 Å². The third kappa shape index (κ3) is 16.1. The molecule has 0 radical (unpaired) electrons. The summed E-state index contributed by atoms with van der Waals surface area (Å²) in [5.74, 6) is -10.4. The number of carbonyl (C=O) groups is 4. The zero-order valence-electron chi connectivity index (χ0n) is 55.8. The second-order valence-electron chi connectivity index (χ2n) is 24.0. The smallest absolute Gasteiger partial charge is 0.328 e. The molecule has 0 aliphatic carbocycles. The first-order chi connectivity index (χ1) is 50.5. The fourth-order valence-corrected chi connectivity index (χ4v) is 14.3.